The smallest absolute Gasteiger partial charge is 0.0482 e. The van der Waals surface area contributed by atoms with Crippen molar-refractivity contribution in [2.75, 3.05) is 0 Å². The van der Waals surface area contributed by atoms with Gasteiger partial charge in [0.2, 0.25) is 0 Å². The van der Waals surface area contributed by atoms with Crippen LogP contribution in [-0.2, 0) is 5.41 Å². The van der Waals surface area contributed by atoms with E-state index in [2.05, 4.69) is 39.1 Å². The summed E-state index contributed by atoms with van der Waals surface area (Å²) in [6.07, 6.45) is 0. The first-order valence-corrected chi connectivity index (χ1v) is 6.16. The van der Waals surface area contributed by atoms with E-state index in [9.17, 15) is 0 Å². The minimum atomic E-state index is 0.301. The van der Waals surface area contributed by atoms with E-state index in [4.69, 9.17) is 0 Å². The highest BCUT2D eigenvalue weighted by Crippen LogP contribution is 2.38. The van der Waals surface area contributed by atoms with Gasteiger partial charge in [-0.3, -0.25) is 0 Å². The highest BCUT2D eigenvalue weighted by Gasteiger charge is 2.17. The van der Waals surface area contributed by atoms with Crippen LogP contribution in [0, 0.1) is 6.92 Å². The molecule has 0 aliphatic carbocycles. The van der Waals surface area contributed by atoms with Crippen molar-refractivity contribution >= 4 is 32.1 Å². The number of rotatable bonds is 0. The lowest BCUT2D eigenvalue weighted by molar-refractivity contribution is 0.604. The van der Waals surface area contributed by atoms with Crippen LogP contribution < -0.4 is 0 Å². The summed E-state index contributed by atoms with van der Waals surface area (Å²) in [6, 6.07) is 2.34. The predicted molar refractivity (Wildman–Crippen MR) is 63.1 cm³/mol. The summed E-state index contributed by atoms with van der Waals surface area (Å²) in [5, 5.41) is 2.24. The summed E-state index contributed by atoms with van der Waals surface area (Å²) < 4.78 is 2.93. The Morgan fingerprint density at radius 1 is 1.23 bits per heavy atom. The summed E-state index contributed by atoms with van der Waals surface area (Å²) in [7, 11) is 0. The van der Waals surface area contributed by atoms with Crippen LogP contribution in [0.1, 0.15) is 31.2 Å². The van der Waals surface area contributed by atoms with Gasteiger partial charge in [0, 0.05) is 14.3 Å². The second kappa shape index (κ2) is 2.82. The van der Waals surface area contributed by atoms with Crippen LogP contribution in [0.4, 0.5) is 0 Å². The van der Waals surface area contributed by atoms with Crippen LogP contribution in [0.5, 0.6) is 0 Å². The fourth-order valence-corrected chi connectivity index (χ4v) is 3.69. The van der Waals surface area contributed by atoms with E-state index in [0.29, 0.717) is 5.41 Å². The monoisotopic (exact) mass is 210 g/mol. The summed E-state index contributed by atoms with van der Waals surface area (Å²) in [5.74, 6) is 0. The summed E-state index contributed by atoms with van der Waals surface area (Å²) >= 11 is 3.81. The molecule has 2 aromatic rings. The SMILES string of the molecule is Cc1csc2cc(C(C)(C)C)sc12. The molecule has 0 spiro atoms. The summed E-state index contributed by atoms with van der Waals surface area (Å²) in [6.45, 7) is 9.02. The van der Waals surface area contributed by atoms with Gasteiger partial charge in [0.15, 0.2) is 0 Å². The minimum Gasteiger partial charge on any atom is -0.143 e. The highest BCUT2D eigenvalue weighted by atomic mass is 32.1. The Morgan fingerprint density at radius 2 is 1.92 bits per heavy atom. The van der Waals surface area contributed by atoms with E-state index in [-0.39, 0.29) is 0 Å². The Labute approximate surface area is 87.2 Å². The molecule has 2 rings (SSSR count). The lowest BCUT2D eigenvalue weighted by Crippen LogP contribution is -2.07. The van der Waals surface area contributed by atoms with Crippen molar-refractivity contribution in [3.63, 3.8) is 0 Å². The van der Waals surface area contributed by atoms with Gasteiger partial charge in [-0.15, -0.1) is 22.7 Å². The highest BCUT2D eigenvalue weighted by molar-refractivity contribution is 7.27. The van der Waals surface area contributed by atoms with Gasteiger partial charge < -0.3 is 0 Å². The molecule has 0 amide bonds. The molecule has 2 heteroatoms. The molecular weight excluding hydrogens is 196 g/mol. The van der Waals surface area contributed by atoms with Crippen LogP contribution >= 0.6 is 22.7 Å². The van der Waals surface area contributed by atoms with Gasteiger partial charge in [-0.2, -0.15) is 0 Å². The van der Waals surface area contributed by atoms with Crippen LogP contribution in [0.25, 0.3) is 9.40 Å². The van der Waals surface area contributed by atoms with Crippen LogP contribution in [0.15, 0.2) is 11.4 Å². The molecule has 0 fully saturated rings. The fraction of sp³-hybridized carbons (Fsp3) is 0.455. The average molecular weight is 210 g/mol. The molecule has 0 N–H and O–H groups in total. The molecular formula is C11H14S2. The normalized spacial score (nSPS) is 12.6. The van der Waals surface area contributed by atoms with Gasteiger partial charge in [0.25, 0.3) is 0 Å². The lowest BCUT2D eigenvalue weighted by Gasteiger charge is -2.15. The van der Waals surface area contributed by atoms with Crippen molar-refractivity contribution in [3.05, 3.63) is 21.9 Å². The third-order valence-electron chi connectivity index (χ3n) is 2.16. The average Bonchev–Trinajstić information content (AvgIpc) is 2.51. The van der Waals surface area contributed by atoms with Crippen molar-refractivity contribution in [2.24, 2.45) is 0 Å². The molecule has 2 aromatic heterocycles. The zero-order valence-electron chi connectivity index (χ0n) is 8.47. The first kappa shape index (κ1) is 9.22. The number of thiophene rings is 2. The number of hydrogen-bond acceptors (Lipinski definition) is 2. The molecule has 70 valence electrons. The zero-order valence-corrected chi connectivity index (χ0v) is 10.1. The Hall–Kier alpha value is -0.340. The van der Waals surface area contributed by atoms with E-state index in [0.717, 1.165) is 0 Å². The molecule has 0 atom stereocenters. The van der Waals surface area contributed by atoms with Gasteiger partial charge in [-0.25, -0.2) is 0 Å². The molecule has 0 radical (unpaired) electrons. The number of fused-ring (bicyclic) bond motifs is 1. The maximum atomic E-state index is 2.34. The molecule has 0 saturated carbocycles. The fourth-order valence-electron chi connectivity index (χ4n) is 1.31. The predicted octanol–water partition coefficient (Wildman–Crippen LogP) is 4.57. The lowest BCUT2D eigenvalue weighted by atomic mass is 9.95. The maximum Gasteiger partial charge on any atom is 0.0482 e. The van der Waals surface area contributed by atoms with Crippen molar-refractivity contribution in [2.45, 2.75) is 33.1 Å². The van der Waals surface area contributed by atoms with E-state index < -0.39 is 0 Å². The molecule has 0 nitrogen and oxygen atoms in total. The van der Waals surface area contributed by atoms with Crippen molar-refractivity contribution in [3.8, 4) is 0 Å². The molecule has 2 heterocycles. The number of aryl methyl sites for hydroxylation is 1. The van der Waals surface area contributed by atoms with Crippen molar-refractivity contribution < 1.29 is 0 Å². The topological polar surface area (TPSA) is 0 Å². The Bertz CT molecular complexity index is 426. The third-order valence-corrected chi connectivity index (χ3v) is 5.03. The molecule has 13 heavy (non-hydrogen) atoms. The van der Waals surface area contributed by atoms with Crippen LogP contribution in [0.2, 0.25) is 0 Å². The standard InChI is InChI=1S/C11H14S2/c1-7-6-12-8-5-9(11(2,3)4)13-10(7)8/h5-6H,1-4H3. The summed E-state index contributed by atoms with van der Waals surface area (Å²) in [4.78, 5) is 1.50. The van der Waals surface area contributed by atoms with Crippen molar-refractivity contribution in [1.29, 1.82) is 0 Å². The van der Waals surface area contributed by atoms with Gasteiger partial charge >= 0.3 is 0 Å². The molecule has 0 aliphatic heterocycles. The molecule has 0 bridgehead atoms. The molecule has 0 saturated heterocycles. The first-order chi connectivity index (χ1) is 5.98. The summed E-state index contributed by atoms with van der Waals surface area (Å²) in [5.41, 5.74) is 1.73. The van der Waals surface area contributed by atoms with E-state index in [1.807, 2.05) is 22.7 Å². The minimum absolute atomic E-state index is 0.301. The Kier molecular flexibility index (Phi) is 2.00. The van der Waals surface area contributed by atoms with Crippen molar-refractivity contribution in [1.82, 2.24) is 0 Å². The Balaban J connectivity index is 2.63. The van der Waals surface area contributed by atoms with Gasteiger partial charge in [-0.1, -0.05) is 20.8 Å². The zero-order chi connectivity index (χ0) is 9.64. The third kappa shape index (κ3) is 1.53. The van der Waals surface area contributed by atoms with E-state index >= 15 is 0 Å². The van der Waals surface area contributed by atoms with Crippen LogP contribution in [-0.4, -0.2) is 0 Å². The van der Waals surface area contributed by atoms with Crippen LogP contribution in [0.3, 0.4) is 0 Å². The largest absolute Gasteiger partial charge is 0.143 e. The number of hydrogen-bond donors (Lipinski definition) is 0. The quantitative estimate of drug-likeness (QED) is 0.597. The van der Waals surface area contributed by atoms with Gasteiger partial charge in [0.1, 0.15) is 0 Å². The van der Waals surface area contributed by atoms with E-state index in [1.54, 1.807) is 0 Å². The molecule has 0 aromatic carbocycles. The second-order valence-corrected chi connectivity index (χ2v) is 6.44. The van der Waals surface area contributed by atoms with Gasteiger partial charge in [0.05, 0.1) is 0 Å². The Morgan fingerprint density at radius 3 is 2.46 bits per heavy atom. The maximum absolute atomic E-state index is 2.34. The first-order valence-electron chi connectivity index (χ1n) is 4.46. The van der Waals surface area contributed by atoms with E-state index in [1.165, 1.54) is 19.8 Å². The van der Waals surface area contributed by atoms with Gasteiger partial charge in [-0.05, 0) is 29.3 Å². The molecule has 0 aliphatic rings. The molecule has 0 unspecified atom stereocenters. The second-order valence-electron chi connectivity index (χ2n) is 4.47.